The number of carbonyl (C=O) groups is 1. The maximum Gasteiger partial charge on any atom is 0.252 e. The number of carbonyl (C=O) groups excluding carboxylic acids is 1. The molecule has 1 amide bonds. The van der Waals surface area contributed by atoms with Crippen LogP contribution in [0.2, 0.25) is 0 Å². The Morgan fingerprint density at radius 1 is 1.17 bits per heavy atom. The maximum atomic E-state index is 13.4. The zero-order valence-corrected chi connectivity index (χ0v) is 17.2. The summed E-state index contributed by atoms with van der Waals surface area (Å²) in [5, 5.41) is 0.262. The van der Waals surface area contributed by atoms with Crippen LogP contribution in [0.3, 0.4) is 0 Å². The molecule has 0 spiro atoms. The lowest BCUT2D eigenvalue weighted by Gasteiger charge is -2.24. The lowest BCUT2D eigenvalue weighted by molar-refractivity contribution is -0.117. The standard InChI is InChI=1S/C20H19FN2O4S2/c1-27-16-8-2-13(3-9-16)10-19(24)22-20-23(15-6-4-14(21)5-7-15)17-11-29(25,26)12-18(17)28-20/h2-9,17-18H,10-12H2,1H3/t17-,18+/m1/s1. The quantitative estimate of drug-likeness (QED) is 0.737. The molecular formula is C20H19FN2O4S2. The van der Waals surface area contributed by atoms with Gasteiger partial charge in [0.1, 0.15) is 11.6 Å². The monoisotopic (exact) mass is 434 g/mol. The summed E-state index contributed by atoms with van der Waals surface area (Å²) in [5.74, 6) is 0.0349. The van der Waals surface area contributed by atoms with E-state index in [1.165, 1.54) is 23.9 Å². The molecule has 2 fully saturated rings. The van der Waals surface area contributed by atoms with E-state index < -0.39 is 9.84 Å². The molecule has 29 heavy (non-hydrogen) atoms. The van der Waals surface area contributed by atoms with Crippen molar-refractivity contribution in [2.24, 2.45) is 4.99 Å². The molecule has 0 radical (unpaired) electrons. The van der Waals surface area contributed by atoms with Crippen molar-refractivity contribution in [3.63, 3.8) is 0 Å². The molecule has 4 rings (SSSR count). The third kappa shape index (κ3) is 4.30. The highest BCUT2D eigenvalue weighted by molar-refractivity contribution is 8.16. The van der Waals surface area contributed by atoms with E-state index in [9.17, 15) is 17.6 Å². The van der Waals surface area contributed by atoms with Gasteiger partial charge in [-0.15, -0.1) is 0 Å². The second-order valence-corrected chi connectivity index (χ2v) is 10.3. The first-order chi connectivity index (χ1) is 13.8. The van der Waals surface area contributed by atoms with Gasteiger partial charge in [0.2, 0.25) is 0 Å². The summed E-state index contributed by atoms with van der Waals surface area (Å²) in [4.78, 5) is 18.6. The van der Waals surface area contributed by atoms with Crippen molar-refractivity contribution in [1.82, 2.24) is 0 Å². The van der Waals surface area contributed by atoms with Gasteiger partial charge >= 0.3 is 0 Å². The lowest BCUT2D eigenvalue weighted by Crippen LogP contribution is -2.37. The average Bonchev–Trinajstić information content (AvgIpc) is 3.14. The number of amidine groups is 1. The maximum absolute atomic E-state index is 13.4. The predicted molar refractivity (Wildman–Crippen MR) is 112 cm³/mol. The minimum Gasteiger partial charge on any atom is -0.497 e. The van der Waals surface area contributed by atoms with Crippen LogP contribution >= 0.6 is 11.8 Å². The third-order valence-electron chi connectivity index (χ3n) is 4.91. The number of nitrogens with zero attached hydrogens (tertiary/aromatic N) is 2. The fourth-order valence-corrected chi connectivity index (χ4v) is 7.46. The molecule has 0 saturated carbocycles. The van der Waals surface area contributed by atoms with Gasteiger partial charge < -0.3 is 9.64 Å². The van der Waals surface area contributed by atoms with Crippen LogP contribution in [-0.2, 0) is 21.1 Å². The highest BCUT2D eigenvalue weighted by Crippen LogP contribution is 2.41. The molecular weight excluding hydrogens is 415 g/mol. The number of benzene rings is 2. The van der Waals surface area contributed by atoms with Gasteiger partial charge in [-0.05, 0) is 42.0 Å². The number of halogens is 1. The smallest absolute Gasteiger partial charge is 0.252 e. The minimum atomic E-state index is -3.15. The first-order valence-electron chi connectivity index (χ1n) is 9.01. The van der Waals surface area contributed by atoms with E-state index in [0.717, 1.165) is 5.56 Å². The van der Waals surface area contributed by atoms with Gasteiger partial charge in [-0.25, -0.2) is 12.8 Å². The summed E-state index contributed by atoms with van der Waals surface area (Å²) in [5.41, 5.74) is 1.43. The van der Waals surface area contributed by atoms with Gasteiger partial charge in [-0.1, -0.05) is 23.9 Å². The Kier molecular flexibility index (Phi) is 5.35. The topological polar surface area (TPSA) is 76.0 Å². The second kappa shape index (κ2) is 7.79. The minimum absolute atomic E-state index is 0.00622. The van der Waals surface area contributed by atoms with Crippen LogP contribution in [0.4, 0.5) is 10.1 Å². The van der Waals surface area contributed by atoms with E-state index in [0.29, 0.717) is 16.6 Å². The molecule has 0 unspecified atom stereocenters. The molecule has 2 saturated heterocycles. The van der Waals surface area contributed by atoms with Crippen molar-refractivity contribution in [1.29, 1.82) is 0 Å². The summed E-state index contributed by atoms with van der Waals surface area (Å²) < 4.78 is 42.6. The molecule has 0 aromatic heterocycles. The van der Waals surface area contributed by atoms with Crippen molar-refractivity contribution >= 4 is 38.4 Å². The van der Waals surface area contributed by atoms with Gasteiger partial charge in [0.25, 0.3) is 5.91 Å². The van der Waals surface area contributed by atoms with Crippen LogP contribution in [-0.4, -0.2) is 49.4 Å². The van der Waals surface area contributed by atoms with Crippen LogP contribution in [0.25, 0.3) is 0 Å². The van der Waals surface area contributed by atoms with E-state index in [4.69, 9.17) is 4.74 Å². The number of hydrogen-bond acceptors (Lipinski definition) is 5. The van der Waals surface area contributed by atoms with E-state index in [2.05, 4.69) is 4.99 Å². The van der Waals surface area contributed by atoms with Gasteiger partial charge in [0.05, 0.1) is 31.1 Å². The fourth-order valence-electron chi connectivity index (χ4n) is 3.53. The number of anilines is 1. The average molecular weight is 435 g/mol. The Morgan fingerprint density at radius 2 is 1.86 bits per heavy atom. The third-order valence-corrected chi connectivity index (χ3v) is 8.12. The Morgan fingerprint density at radius 3 is 2.52 bits per heavy atom. The van der Waals surface area contributed by atoms with Gasteiger partial charge in [-0.3, -0.25) is 4.79 Å². The SMILES string of the molecule is COc1ccc(CC(=O)N=C2S[C@H]3CS(=O)(=O)C[C@H]3N2c2ccc(F)cc2)cc1. The summed E-state index contributed by atoms with van der Waals surface area (Å²) in [6.07, 6.45) is 0.124. The molecule has 2 aliphatic rings. The molecule has 6 nitrogen and oxygen atoms in total. The number of ether oxygens (including phenoxy) is 1. The zero-order chi connectivity index (χ0) is 20.6. The van der Waals surface area contributed by atoms with Crippen molar-refractivity contribution in [3.05, 3.63) is 59.9 Å². The first kappa shape index (κ1) is 19.9. The highest BCUT2D eigenvalue weighted by atomic mass is 32.2. The van der Waals surface area contributed by atoms with Crippen molar-refractivity contribution in [3.8, 4) is 5.75 Å². The largest absolute Gasteiger partial charge is 0.497 e. The number of hydrogen-bond donors (Lipinski definition) is 0. The second-order valence-electron chi connectivity index (χ2n) is 6.96. The van der Waals surface area contributed by atoms with E-state index in [-0.39, 0.29) is 40.9 Å². The van der Waals surface area contributed by atoms with Gasteiger partial charge in [-0.2, -0.15) is 4.99 Å². The number of amides is 1. The number of methoxy groups -OCH3 is 1. The van der Waals surface area contributed by atoms with Crippen LogP contribution in [0.5, 0.6) is 5.75 Å². The Hall–Kier alpha value is -2.39. The molecule has 0 aliphatic carbocycles. The van der Waals surface area contributed by atoms with Crippen molar-refractivity contribution in [2.75, 3.05) is 23.5 Å². The number of sulfone groups is 1. The van der Waals surface area contributed by atoms with Crippen LogP contribution in [0.1, 0.15) is 5.56 Å². The van der Waals surface area contributed by atoms with Crippen molar-refractivity contribution in [2.45, 2.75) is 17.7 Å². The molecule has 9 heteroatoms. The van der Waals surface area contributed by atoms with Gasteiger partial charge in [0.15, 0.2) is 15.0 Å². The van der Waals surface area contributed by atoms with E-state index >= 15 is 0 Å². The fraction of sp³-hybridized carbons (Fsp3) is 0.300. The molecule has 2 aromatic rings. The van der Waals surface area contributed by atoms with E-state index in [1.807, 2.05) is 0 Å². The molecule has 0 bridgehead atoms. The Balaban J connectivity index is 1.60. The predicted octanol–water partition coefficient (Wildman–Crippen LogP) is 2.68. The van der Waals surface area contributed by atoms with Crippen LogP contribution < -0.4 is 9.64 Å². The molecule has 2 aromatic carbocycles. The summed E-state index contributed by atoms with van der Waals surface area (Å²) in [6, 6.07) is 12.6. The molecule has 152 valence electrons. The normalized spacial score (nSPS) is 23.9. The first-order valence-corrected chi connectivity index (χ1v) is 11.7. The summed E-state index contributed by atoms with van der Waals surface area (Å²) in [6.45, 7) is 0. The molecule has 2 aliphatic heterocycles. The van der Waals surface area contributed by atoms with Crippen LogP contribution in [0, 0.1) is 5.82 Å². The number of thioether (sulfide) groups is 1. The Labute approximate surface area is 172 Å². The van der Waals surface area contributed by atoms with Crippen LogP contribution in [0.15, 0.2) is 53.5 Å². The van der Waals surface area contributed by atoms with Crippen molar-refractivity contribution < 1.29 is 22.3 Å². The number of fused-ring (bicyclic) bond motifs is 1. The molecule has 2 atom stereocenters. The zero-order valence-electron chi connectivity index (χ0n) is 15.6. The highest BCUT2D eigenvalue weighted by Gasteiger charge is 2.49. The summed E-state index contributed by atoms with van der Waals surface area (Å²) >= 11 is 1.30. The number of rotatable bonds is 4. The molecule has 0 N–H and O–H groups in total. The van der Waals surface area contributed by atoms with E-state index in [1.54, 1.807) is 48.4 Å². The summed E-state index contributed by atoms with van der Waals surface area (Å²) in [7, 11) is -1.58. The van der Waals surface area contributed by atoms with Gasteiger partial charge in [0, 0.05) is 10.9 Å². The Bertz CT molecular complexity index is 1050. The lowest BCUT2D eigenvalue weighted by atomic mass is 10.1. The number of aliphatic imine (C=N–C) groups is 1. The molecule has 2 heterocycles.